The summed E-state index contributed by atoms with van der Waals surface area (Å²) < 4.78 is 16.8. The van der Waals surface area contributed by atoms with E-state index in [1.165, 1.54) is 5.56 Å². The van der Waals surface area contributed by atoms with E-state index in [4.69, 9.17) is 14.2 Å². The molecule has 1 heterocycles. The molecular weight excluding hydrogens is 493 g/mol. The fourth-order valence-corrected chi connectivity index (χ4v) is 3.49. The molecular formula is C23H40IN3O3. The molecule has 0 aromatic heterocycles. The van der Waals surface area contributed by atoms with Gasteiger partial charge in [0.2, 0.25) is 0 Å². The van der Waals surface area contributed by atoms with Gasteiger partial charge in [-0.1, -0.05) is 30.3 Å². The third kappa shape index (κ3) is 11.5. The molecule has 1 fully saturated rings. The van der Waals surface area contributed by atoms with Gasteiger partial charge in [0.1, 0.15) is 0 Å². The summed E-state index contributed by atoms with van der Waals surface area (Å²) in [6.07, 6.45) is 6.59. The average molecular weight is 533 g/mol. The van der Waals surface area contributed by atoms with Gasteiger partial charge in [-0.15, -0.1) is 24.0 Å². The SMILES string of the molecule is CN=C(NCCCCOCCc1ccccc1)N1CCC(OCCCOC)CC1.I. The summed E-state index contributed by atoms with van der Waals surface area (Å²) in [7, 11) is 3.60. The number of guanidine groups is 1. The van der Waals surface area contributed by atoms with Gasteiger partial charge < -0.3 is 24.4 Å². The van der Waals surface area contributed by atoms with Crippen LogP contribution < -0.4 is 5.32 Å². The zero-order valence-corrected chi connectivity index (χ0v) is 21.0. The molecule has 0 spiro atoms. The van der Waals surface area contributed by atoms with E-state index in [0.29, 0.717) is 6.10 Å². The van der Waals surface area contributed by atoms with Crippen LogP contribution >= 0.6 is 24.0 Å². The molecule has 0 atom stereocenters. The highest BCUT2D eigenvalue weighted by Gasteiger charge is 2.21. The normalized spacial score (nSPS) is 15.1. The van der Waals surface area contributed by atoms with E-state index >= 15 is 0 Å². The summed E-state index contributed by atoms with van der Waals surface area (Å²) in [5.74, 6) is 1.01. The Hall–Kier alpha value is -0.900. The highest BCUT2D eigenvalue weighted by molar-refractivity contribution is 14.0. The maximum Gasteiger partial charge on any atom is 0.193 e. The lowest BCUT2D eigenvalue weighted by atomic mass is 10.1. The molecule has 7 heteroatoms. The zero-order chi connectivity index (χ0) is 20.6. The van der Waals surface area contributed by atoms with E-state index in [-0.39, 0.29) is 24.0 Å². The number of ether oxygens (including phenoxy) is 3. The summed E-state index contributed by atoms with van der Waals surface area (Å²) in [6, 6.07) is 10.5. The largest absolute Gasteiger partial charge is 0.385 e. The van der Waals surface area contributed by atoms with Crippen LogP contribution in [0, 0.1) is 0 Å². The van der Waals surface area contributed by atoms with Gasteiger partial charge in [0.15, 0.2) is 5.96 Å². The van der Waals surface area contributed by atoms with Gasteiger partial charge in [0.05, 0.1) is 12.7 Å². The summed E-state index contributed by atoms with van der Waals surface area (Å²) in [4.78, 5) is 6.79. The van der Waals surface area contributed by atoms with E-state index in [0.717, 1.165) is 90.5 Å². The lowest BCUT2D eigenvalue weighted by molar-refractivity contribution is 0.00990. The van der Waals surface area contributed by atoms with Crippen LogP contribution in [0.1, 0.15) is 37.7 Å². The Morgan fingerprint density at radius 1 is 1.03 bits per heavy atom. The van der Waals surface area contributed by atoms with Crippen LogP contribution in [0.15, 0.2) is 35.3 Å². The third-order valence-corrected chi connectivity index (χ3v) is 5.18. The van der Waals surface area contributed by atoms with Crippen molar-refractivity contribution in [3.63, 3.8) is 0 Å². The second-order valence-electron chi connectivity index (χ2n) is 7.43. The molecule has 1 saturated heterocycles. The van der Waals surface area contributed by atoms with E-state index in [2.05, 4.69) is 39.5 Å². The lowest BCUT2D eigenvalue weighted by Crippen LogP contribution is -2.47. The van der Waals surface area contributed by atoms with Gasteiger partial charge in [-0.05, 0) is 44.1 Å². The summed E-state index contributed by atoms with van der Waals surface area (Å²) in [6.45, 7) is 6.10. The predicted octanol–water partition coefficient (Wildman–Crippen LogP) is 3.74. The number of unbranched alkanes of at least 4 members (excludes halogenated alkanes) is 1. The molecule has 1 N–H and O–H groups in total. The molecule has 30 heavy (non-hydrogen) atoms. The minimum atomic E-state index is 0. The standard InChI is InChI=1S/C23H39N3O3.HI/c1-24-23(26-15-11-22(12-16-26)29-19-8-17-27-2)25-14-6-7-18-28-20-13-21-9-4-3-5-10-21;/h3-5,9-10,22H,6-8,11-20H2,1-2H3,(H,24,25);1H. The number of aliphatic imine (C=N–C) groups is 1. The van der Waals surface area contributed by atoms with Crippen molar-refractivity contribution >= 4 is 29.9 Å². The number of piperidine rings is 1. The molecule has 1 aliphatic heterocycles. The van der Waals surface area contributed by atoms with Crippen molar-refractivity contribution in [2.24, 2.45) is 4.99 Å². The third-order valence-electron chi connectivity index (χ3n) is 5.18. The highest BCUT2D eigenvalue weighted by atomic mass is 127. The average Bonchev–Trinajstić information content (AvgIpc) is 2.77. The van der Waals surface area contributed by atoms with Crippen molar-refractivity contribution < 1.29 is 14.2 Å². The van der Waals surface area contributed by atoms with Crippen molar-refractivity contribution in [1.29, 1.82) is 0 Å². The van der Waals surface area contributed by atoms with Crippen molar-refractivity contribution in [2.45, 2.75) is 44.6 Å². The molecule has 172 valence electrons. The first-order chi connectivity index (χ1) is 14.3. The number of nitrogens with one attached hydrogen (secondary N) is 1. The van der Waals surface area contributed by atoms with Gasteiger partial charge in [0.25, 0.3) is 0 Å². The predicted molar refractivity (Wildman–Crippen MR) is 134 cm³/mol. The van der Waals surface area contributed by atoms with E-state index in [1.54, 1.807) is 7.11 Å². The fourth-order valence-electron chi connectivity index (χ4n) is 3.49. The number of methoxy groups -OCH3 is 1. The molecule has 6 nitrogen and oxygen atoms in total. The van der Waals surface area contributed by atoms with Crippen molar-refractivity contribution in [3.8, 4) is 0 Å². The molecule has 1 aliphatic rings. The molecule has 2 rings (SSSR count). The second-order valence-corrected chi connectivity index (χ2v) is 7.43. The number of hydrogen-bond donors (Lipinski definition) is 1. The van der Waals surface area contributed by atoms with Gasteiger partial charge in [-0.2, -0.15) is 0 Å². The minimum absolute atomic E-state index is 0. The number of benzene rings is 1. The Labute approximate surface area is 199 Å². The fraction of sp³-hybridized carbons (Fsp3) is 0.696. The van der Waals surface area contributed by atoms with Gasteiger partial charge in [-0.3, -0.25) is 4.99 Å². The lowest BCUT2D eigenvalue weighted by Gasteiger charge is -2.34. The van der Waals surface area contributed by atoms with Crippen molar-refractivity contribution in [2.75, 3.05) is 60.2 Å². The van der Waals surface area contributed by atoms with E-state index in [9.17, 15) is 0 Å². The minimum Gasteiger partial charge on any atom is -0.385 e. The number of hydrogen-bond acceptors (Lipinski definition) is 4. The van der Waals surface area contributed by atoms with Crippen LogP contribution in [0.2, 0.25) is 0 Å². The quantitative estimate of drug-likeness (QED) is 0.181. The topological polar surface area (TPSA) is 55.3 Å². The molecule has 1 aromatic carbocycles. The van der Waals surface area contributed by atoms with Gasteiger partial charge in [0, 0.05) is 53.6 Å². The summed E-state index contributed by atoms with van der Waals surface area (Å²) >= 11 is 0. The number of rotatable bonds is 13. The molecule has 0 radical (unpaired) electrons. The first-order valence-corrected chi connectivity index (χ1v) is 11.0. The smallest absolute Gasteiger partial charge is 0.193 e. The maximum atomic E-state index is 5.94. The molecule has 1 aromatic rings. The van der Waals surface area contributed by atoms with Crippen LogP contribution in [0.25, 0.3) is 0 Å². The van der Waals surface area contributed by atoms with Crippen molar-refractivity contribution in [3.05, 3.63) is 35.9 Å². The molecule has 0 bridgehead atoms. The first-order valence-electron chi connectivity index (χ1n) is 11.0. The number of likely N-dealkylation sites (tertiary alicyclic amines) is 1. The monoisotopic (exact) mass is 533 g/mol. The van der Waals surface area contributed by atoms with E-state index in [1.807, 2.05) is 13.1 Å². The van der Waals surface area contributed by atoms with Crippen LogP contribution in [0.3, 0.4) is 0 Å². The van der Waals surface area contributed by atoms with Crippen molar-refractivity contribution in [1.82, 2.24) is 10.2 Å². The molecule has 0 unspecified atom stereocenters. The zero-order valence-electron chi connectivity index (χ0n) is 18.7. The van der Waals surface area contributed by atoms with Gasteiger partial charge >= 0.3 is 0 Å². The Morgan fingerprint density at radius 2 is 1.80 bits per heavy atom. The first kappa shape index (κ1) is 27.1. The highest BCUT2D eigenvalue weighted by Crippen LogP contribution is 2.14. The molecule has 0 saturated carbocycles. The van der Waals surface area contributed by atoms with Crippen LogP contribution in [-0.4, -0.2) is 77.2 Å². The van der Waals surface area contributed by atoms with E-state index < -0.39 is 0 Å². The summed E-state index contributed by atoms with van der Waals surface area (Å²) in [5, 5.41) is 3.49. The number of halogens is 1. The molecule has 0 amide bonds. The molecule has 0 aliphatic carbocycles. The van der Waals surface area contributed by atoms with Gasteiger partial charge in [-0.25, -0.2) is 0 Å². The Morgan fingerprint density at radius 3 is 2.50 bits per heavy atom. The Kier molecular flexibility index (Phi) is 16.1. The van der Waals surface area contributed by atoms with Crippen LogP contribution in [-0.2, 0) is 20.6 Å². The summed E-state index contributed by atoms with van der Waals surface area (Å²) in [5.41, 5.74) is 1.34. The second kappa shape index (κ2) is 17.7. The maximum absolute atomic E-state index is 5.94. The Bertz CT molecular complexity index is 552. The number of nitrogens with zero attached hydrogens (tertiary/aromatic N) is 2. The van der Waals surface area contributed by atoms with Crippen LogP contribution in [0.5, 0.6) is 0 Å². The van der Waals surface area contributed by atoms with Crippen LogP contribution in [0.4, 0.5) is 0 Å². The Balaban J connectivity index is 0.00000450.